The van der Waals surface area contributed by atoms with Crippen molar-refractivity contribution in [3.8, 4) is 17.0 Å². The Morgan fingerprint density at radius 2 is 1.58 bits per heavy atom. The molecule has 33 heavy (non-hydrogen) atoms. The van der Waals surface area contributed by atoms with Gasteiger partial charge in [-0.05, 0) is 17.7 Å². The lowest BCUT2D eigenvalue weighted by Gasteiger charge is -2.28. The highest BCUT2D eigenvalue weighted by Gasteiger charge is 2.37. The predicted octanol–water partition coefficient (Wildman–Crippen LogP) is 5.77. The first kappa shape index (κ1) is 19.5. The van der Waals surface area contributed by atoms with Gasteiger partial charge in [-0.1, -0.05) is 72.8 Å². The van der Waals surface area contributed by atoms with Crippen LogP contribution in [0.15, 0.2) is 105 Å². The van der Waals surface area contributed by atoms with E-state index < -0.39 is 11.5 Å². The summed E-state index contributed by atoms with van der Waals surface area (Å²) < 4.78 is 11.8. The normalized spacial score (nSPS) is 15.3. The van der Waals surface area contributed by atoms with Crippen LogP contribution in [-0.4, -0.2) is 4.98 Å². The summed E-state index contributed by atoms with van der Waals surface area (Å²) >= 11 is 1.48. The number of ether oxygens (including phenoxy) is 1. The summed E-state index contributed by atoms with van der Waals surface area (Å²) in [7, 11) is 0. The Morgan fingerprint density at radius 1 is 0.879 bits per heavy atom. The Morgan fingerprint density at radius 3 is 2.36 bits per heavy atom. The lowest BCUT2D eigenvalue weighted by atomic mass is 9.83. The van der Waals surface area contributed by atoms with Crippen LogP contribution in [0.2, 0.25) is 0 Å². The summed E-state index contributed by atoms with van der Waals surface area (Å²) in [6, 6.07) is 27.1. The van der Waals surface area contributed by atoms with Gasteiger partial charge in [0.1, 0.15) is 10.6 Å². The van der Waals surface area contributed by atoms with Crippen molar-refractivity contribution in [2.45, 2.75) is 5.92 Å². The smallest absolute Gasteiger partial charge is 0.344 e. The zero-order valence-corrected chi connectivity index (χ0v) is 18.2. The van der Waals surface area contributed by atoms with E-state index in [9.17, 15) is 4.79 Å². The standard InChI is InChI=1S/C27H18N2O3S/c28-25-23(26-29-19(15-33-26)16-9-3-1-4-10-16)21(17-11-5-2-6-12-17)22-24(32-25)18-13-7-8-14-20(18)31-27(22)30/h1-15,21H,28H2/t21-/m1/s1. The van der Waals surface area contributed by atoms with Gasteiger partial charge in [0.2, 0.25) is 0 Å². The van der Waals surface area contributed by atoms with E-state index >= 15 is 0 Å². The number of hydrogen-bond acceptors (Lipinski definition) is 6. The summed E-state index contributed by atoms with van der Waals surface area (Å²) in [6.07, 6.45) is 0. The summed E-state index contributed by atoms with van der Waals surface area (Å²) in [5.74, 6) is 0.212. The third-order valence-electron chi connectivity index (χ3n) is 5.79. The van der Waals surface area contributed by atoms with Crippen LogP contribution in [0.3, 0.4) is 0 Å². The number of para-hydroxylation sites is 1. The maximum Gasteiger partial charge on any atom is 0.344 e. The van der Waals surface area contributed by atoms with Gasteiger partial charge in [-0.25, -0.2) is 9.78 Å². The highest BCUT2D eigenvalue weighted by Crippen LogP contribution is 2.48. The minimum absolute atomic E-state index is 0.237. The fourth-order valence-electron chi connectivity index (χ4n) is 4.29. The maximum atomic E-state index is 13.2. The third-order valence-corrected chi connectivity index (χ3v) is 6.67. The number of thiazole rings is 1. The van der Waals surface area contributed by atoms with Crippen LogP contribution in [0, 0.1) is 0 Å². The zero-order chi connectivity index (χ0) is 22.4. The molecule has 0 bridgehead atoms. The summed E-state index contributed by atoms with van der Waals surface area (Å²) in [5, 5.41) is 3.41. The van der Waals surface area contributed by atoms with Gasteiger partial charge in [-0.3, -0.25) is 0 Å². The van der Waals surface area contributed by atoms with Crippen LogP contribution < -0.4 is 16.1 Å². The lowest BCUT2D eigenvalue weighted by Crippen LogP contribution is -2.26. The minimum atomic E-state index is -0.467. The number of benzene rings is 3. The van der Waals surface area contributed by atoms with Crippen molar-refractivity contribution in [3.63, 3.8) is 0 Å². The second kappa shape index (κ2) is 7.76. The van der Waals surface area contributed by atoms with Gasteiger partial charge in [0, 0.05) is 10.9 Å². The highest BCUT2D eigenvalue weighted by atomic mass is 32.1. The maximum absolute atomic E-state index is 13.2. The molecule has 0 saturated carbocycles. The van der Waals surface area contributed by atoms with Crippen LogP contribution in [0.5, 0.6) is 5.75 Å². The number of allylic oxidation sites excluding steroid dienone is 1. The molecule has 0 unspecified atom stereocenters. The van der Waals surface area contributed by atoms with Crippen molar-refractivity contribution in [3.05, 3.63) is 123 Å². The first-order valence-electron chi connectivity index (χ1n) is 10.5. The summed E-state index contributed by atoms with van der Waals surface area (Å²) in [6.45, 7) is 0. The average molecular weight is 451 g/mol. The first-order valence-corrected chi connectivity index (χ1v) is 11.4. The van der Waals surface area contributed by atoms with Crippen molar-refractivity contribution in [1.29, 1.82) is 0 Å². The summed E-state index contributed by atoms with van der Waals surface area (Å²) in [4.78, 5) is 18.1. The molecule has 160 valence electrons. The lowest BCUT2D eigenvalue weighted by molar-refractivity contribution is 0.399. The van der Waals surface area contributed by atoms with Crippen LogP contribution in [-0.2, 0) is 0 Å². The molecule has 0 fully saturated rings. The first-order chi connectivity index (χ1) is 16.2. The molecule has 0 radical (unpaired) electrons. The fourth-order valence-corrected chi connectivity index (χ4v) is 5.20. The van der Waals surface area contributed by atoms with Crippen LogP contribution >= 0.6 is 11.3 Å². The number of rotatable bonds is 3. The Kier molecular flexibility index (Phi) is 4.59. The quantitative estimate of drug-likeness (QED) is 0.353. The summed E-state index contributed by atoms with van der Waals surface area (Å²) in [5.41, 5.74) is 10.4. The minimum Gasteiger partial charge on any atom is -0.440 e. The van der Waals surface area contributed by atoms with Crippen molar-refractivity contribution < 1.29 is 9.15 Å². The fraction of sp³-hybridized carbons (Fsp3) is 0.0370. The molecule has 3 aromatic carbocycles. The molecule has 1 aliphatic heterocycles. The molecular formula is C27H18N2O3S. The second-order valence-corrected chi connectivity index (χ2v) is 8.61. The van der Waals surface area contributed by atoms with E-state index in [1.165, 1.54) is 11.3 Å². The van der Waals surface area contributed by atoms with Crippen molar-refractivity contribution in [2.75, 3.05) is 0 Å². The average Bonchev–Trinajstić information content (AvgIpc) is 3.34. The molecule has 5 nitrogen and oxygen atoms in total. The van der Waals surface area contributed by atoms with E-state index in [0.717, 1.165) is 16.8 Å². The number of hydrogen-bond donors (Lipinski definition) is 1. The topological polar surface area (TPSA) is 78.4 Å². The van der Waals surface area contributed by atoms with E-state index in [4.69, 9.17) is 19.9 Å². The number of nitrogens with zero attached hydrogens (tertiary/aromatic N) is 1. The largest absolute Gasteiger partial charge is 0.440 e. The van der Waals surface area contributed by atoms with Crippen LogP contribution in [0.25, 0.3) is 27.8 Å². The Balaban J connectivity index is 1.60. The molecule has 1 aliphatic rings. The Hall–Kier alpha value is -4.16. The molecule has 0 saturated heterocycles. The van der Waals surface area contributed by atoms with Gasteiger partial charge in [0.15, 0.2) is 11.6 Å². The molecule has 5 aromatic rings. The monoisotopic (exact) mass is 450 g/mol. The molecule has 6 rings (SSSR count). The predicted molar refractivity (Wildman–Crippen MR) is 130 cm³/mol. The van der Waals surface area contributed by atoms with Gasteiger partial charge in [-0.2, -0.15) is 0 Å². The van der Waals surface area contributed by atoms with Gasteiger partial charge in [0.05, 0.1) is 28.1 Å². The van der Waals surface area contributed by atoms with E-state index in [0.29, 0.717) is 32.9 Å². The molecular weight excluding hydrogens is 432 g/mol. The number of fused-ring (bicyclic) bond motifs is 3. The van der Waals surface area contributed by atoms with Crippen molar-refractivity contribution in [2.24, 2.45) is 5.73 Å². The molecule has 2 N–H and O–H groups in total. The highest BCUT2D eigenvalue weighted by molar-refractivity contribution is 7.11. The SMILES string of the molecule is NC1=C(c2nc(-c3ccccc3)cs2)[C@H](c2ccccc2)c2c(c3ccccc3oc2=O)O1. The van der Waals surface area contributed by atoms with Crippen molar-refractivity contribution >= 4 is 27.9 Å². The van der Waals surface area contributed by atoms with E-state index in [-0.39, 0.29) is 5.88 Å². The molecule has 3 heterocycles. The van der Waals surface area contributed by atoms with E-state index in [1.807, 2.05) is 84.2 Å². The molecule has 1 atom stereocenters. The molecule has 0 aliphatic carbocycles. The zero-order valence-electron chi connectivity index (χ0n) is 17.4. The number of aromatic nitrogens is 1. The molecule has 0 spiro atoms. The van der Waals surface area contributed by atoms with Gasteiger partial charge in [0.25, 0.3) is 0 Å². The van der Waals surface area contributed by atoms with E-state index in [2.05, 4.69) is 0 Å². The third kappa shape index (κ3) is 3.23. The Labute approximate surface area is 193 Å². The van der Waals surface area contributed by atoms with Gasteiger partial charge < -0.3 is 14.9 Å². The van der Waals surface area contributed by atoms with Gasteiger partial charge >= 0.3 is 5.63 Å². The molecule has 2 aromatic heterocycles. The second-order valence-electron chi connectivity index (χ2n) is 7.76. The van der Waals surface area contributed by atoms with Gasteiger partial charge in [-0.15, -0.1) is 11.3 Å². The number of nitrogens with two attached hydrogens (primary N) is 1. The molecule has 6 heteroatoms. The Bertz CT molecular complexity index is 1570. The van der Waals surface area contributed by atoms with Crippen LogP contribution in [0.1, 0.15) is 22.1 Å². The molecule has 0 amide bonds. The van der Waals surface area contributed by atoms with E-state index in [1.54, 1.807) is 6.07 Å². The van der Waals surface area contributed by atoms with Crippen molar-refractivity contribution in [1.82, 2.24) is 4.98 Å². The van der Waals surface area contributed by atoms with Crippen LogP contribution in [0.4, 0.5) is 0 Å².